The average Bonchev–Trinajstić information content (AvgIpc) is 2.69. The summed E-state index contributed by atoms with van der Waals surface area (Å²) in [6, 6.07) is -0.235. The molecule has 1 aliphatic carbocycles. The minimum atomic E-state index is -0.644. The zero-order chi connectivity index (χ0) is 12.3. The molecular weight excluding hydrogens is 218 g/mol. The van der Waals surface area contributed by atoms with Crippen molar-refractivity contribution >= 4 is 5.97 Å². The minimum Gasteiger partial charge on any atom is -0.465 e. The fraction of sp³-hybridized carbons (Fsp3) is 0.923. The van der Waals surface area contributed by atoms with Crippen LogP contribution in [0, 0.1) is 11.3 Å². The Labute approximate surface area is 103 Å². The van der Waals surface area contributed by atoms with Gasteiger partial charge in [0, 0.05) is 6.04 Å². The lowest BCUT2D eigenvalue weighted by Gasteiger charge is -2.27. The third kappa shape index (κ3) is 2.80. The third-order valence-corrected chi connectivity index (χ3v) is 4.16. The normalized spacial score (nSPS) is 34.8. The van der Waals surface area contributed by atoms with Crippen molar-refractivity contribution in [2.45, 2.75) is 45.1 Å². The van der Waals surface area contributed by atoms with Crippen LogP contribution in [0.2, 0.25) is 0 Å². The molecule has 1 saturated carbocycles. The van der Waals surface area contributed by atoms with Crippen LogP contribution >= 0.6 is 0 Å². The lowest BCUT2D eigenvalue weighted by atomic mass is 9.86. The molecule has 2 N–H and O–H groups in total. The van der Waals surface area contributed by atoms with Gasteiger partial charge < -0.3 is 15.2 Å². The summed E-state index contributed by atoms with van der Waals surface area (Å²) in [6.45, 7) is 3.24. The quantitative estimate of drug-likeness (QED) is 0.760. The van der Waals surface area contributed by atoms with Gasteiger partial charge in [-0.25, -0.2) is 0 Å². The van der Waals surface area contributed by atoms with Crippen molar-refractivity contribution in [3.05, 3.63) is 0 Å². The van der Waals surface area contributed by atoms with Gasteiger partial charge in [-0.15, -0.1) is 0 Å². The Morgan fingerprint density at radius 3 is 2.71 bits per heavy atom. The van der Waals surface area contributed by atoms with Crippen molar-refractivity contribution in [2.75, 3.05) is 19.8 Å². The van der Waals surface area contributed by atoms with Gasteiger partial charge in [0.05, 0.1) is 19.8 Å². The van der Waals surface area contributed by atoms with Gasteiger partial charge in [-0.1, -0.05) is 19.3 Å². The largest absolute Gasteiger partial charge is 0.465 e. The first-order valence-corrected chi connectivity index (χ1v) is 6.63. The summed E-state index contributed by atoms with van der Waals surface area (Å²) >= 11 is 0. The van der Waals surface area contributed by atoms with Crippen molar-refractivity contribution in [3.8, 4) is 0 Å². The molecule has 1 aliphatic heterocycles. The Morgan fingerprint density at radius 2 is 2.12 bits per heavy atom. The fourth-order valence-corrected chi connectivity index (χ4v) is 2.61. The van der Waals surface area contributed by atoms with E-state index in [2.05, 4.69) is 0 Å². The summed E-state index contributed by atoms with van der Waals surface area (Å²) in [5, 5.41) is 0. The van der Waals surface area contributed by atoms with Gasteiger partial charge >= 0.3 is 5.97 Å². The van der Waals surface area contributed by atoms with Gasteiger partial charge in [0.2, 0.25) is 0 Å². The molecule has 0 amide bonds. The highest BCUT2D eigenvalue weighted by molar-refractivity contribution is 5.78. The molecule has 2 atom stereocenters. The summed E-state index contributed by atoms with van der Waals surface area (Å²) in [4.78, 5) is 12.0. The highest BCUT2D eigenvalue weighted by atomic mass is 16.5. The first-order chi connectivity index (χ1) is 8.13. The van der Waals surface area contributed by atoms with E-state index >= 15 is 0 Å². The van der Waals surface area contributed by atoms with Crippen molar-refractivity contribution in [1.29, 1.82) is 0 Å². The molecule has 2 aliphatic rings. The Kier molecular flexibility index (Phi) is 4.05. The molecule has 17 heavy (non-hydrogen) atoms. The second-order valence-corrected chi connectivity index (χ2v) is 5.64. The maximum Gasteiger partial charge on any atom is 0.315 e. The van der Waals surface area contributed by atoms with E-state index in [1.165, 1.54) is 32.1 Å². The van der Waals surface area contributed by atoms with Crippen LogP contribution in [0.1, 0.15) is 39.0 Å². The number of esters is 1. The topological polar surface area (TPSA) is 61.5 Å². The summed E-state index contributed by atoms with van der Waals surface area (Å²) in [5.41, 5.74) is 5.25. The molecule has 2 rings (SSSR count). The molecule has 2 unspecified atom stereocenters. The Hall–Kier alpha value is -0.610. The van der Waals surface area contributed by atoms with E-state index in [9.17, 15) is 4.79 Å². The molecule has 0 spiro atoms. The average molecular weight is 241 g/mol. The lowest BCUT2D eigenvalue weighted by molar-refractivity contribution is -0.157. The standard InChI is InChI=1S/C13H23NO3/c1-13(9-16-8-11(13)14)12(15)17-7-10-5-3-2-4-6-10/h10-11H,2-9,14H2,1H3. The zero-order valence-corrected chi connectivity index (χ0v) is 10.6. The maximum atomic E-state index is 12.0. The van der Waals surface area contributed by atoms with Crippen molar-refractivity contribution < 1.29 is 14.3 Å². The van der Waals surface area contributed by atoms with Crippen LogP contribution in [0.15, 0.2) is 0 Å². The molecule has 0 aromatic heterocycles. The van der Waals surface area contributed by atoms with Crippen LogP contribution in [0.5, 0.6) is 0 Å². The Bertz CT molecular complexity index is 276. The summed E-state index contributed by atoms with van der Waals surface area (Å²) < 4.78 is 10.7. The van der Waals surface area contributed by atoms with E-state index in [-0.39, 0.29) is 12.0 Å². The van der Waals surface area contributed by atoms with Crippen molar-refractivity contribution in [1.82, 2.24) is 0 Å². The van der Waals surface area contributed by atoms with E-state index in [1.807, 2.05) is 6.92 Å². The Balaban J connectivity index is 1.80. The monoisotopic (exact) mass is 241 g/mol. The number of carbonyl (C=O) groups excluding carboxylic acids is 1. The highest BCUT2D eigenvalue weighted by Gasteiger charge is 2.45. The van der Waals surface area contributed by atoms with Crippen LogP contribution in [-0.2, 0) is 14.3 Å². The molecular formula is C13H23NO3. The first-order valence-electron chi connectivity index (χ1n) is 6.63. The van der Waals surface area contributed by atoms with Crippen molar-refractivity contribution in [3.63, 3.8) is 0 Å². The SMILES string of the molecule is CC1(C(=O)OCC2CCCCC2)COCC1N. The third-order valence-electron chi connectivity index (χ3n) is 4.16. The number of hydrogen-bond acceptors (Lipinski definition) is 4. The number of hydrogen-bond donors (Lipinski definition) is 1. The van der Waals surface area contributed by atoms with Crippen LogP contribution in [0.4, 0.5) is 0 Å². The molecule has 0 aromatic carbocycles. The van der Waals surface area contributed by atoms with E-state index in [0.717, 1.165) is 0 Å². The molecule has 1 heterocycles. The minimum absolute atomic E-state index is 0.187. The van der Waals surface area contributed by atoms with E-state index in [4.69, 9.17) is 15.2 Å². The van der Waals surface area contributed by atoms with Crippen LogP contribution in [0.3, 0.4) is 0 Å². The first kappa shape index (κ1) is 12.8. The smallest absolute Gasteiger partial charge is 0.315 e. The van der Waals surface area contributed by atoms with Gasteiger partial charge in [-0.3, -0.25) is 4.79 Å². The summed E-state index contributed by atoms with van der Waals surface area (Å²) in [5.74, 6) is 0.364. The predicted molar refractivity (Wildman–Crippen MR) is 64.4 cm³/mol. The highest BCUT2D eigenvalue weighted by Crippen LogP contribution is 2.30. The number of carbonyl (C=O) groups is 1. The van der Waals surface area contributed by atoms with Crippen LogP contribution in [-0.4, -0.2) is 31.8 Å². The van der Waals surface area contributed by atoms with Gasteiger partial charge in [0.15, 0.2) is 0 Å². The van der Waals surface area contributed by atoms with Gasteiger partial charge in [0.1, 0.15) is 5.41 Å². The molecule has 0 aromatic rings. The summed E-state index contributed by atoms with van der Waals surface area (Å²) in [7, 11) is 0. The molecule has 0 radical (unpaired) electrons. The van der Waals surface area contributed by atoms with Crippen molar-refractivity contribution in [2.24, 2.45) is 17.1 Å². The van der Waals surface area contributed by atoms with Crippen LogP contribution in [0.25, 0.3) is 0 Å². The fourth-order valence-electron chi connectivity index (χ4n) is 2.61. The van der Waals surface area contributed by atoms with Gasteiger partial charge in [0.25, 0.3) is 0 Å². The number of nitrogens with two attached hydrogens (primary N) is 1. The van der Waals surface area contributed by atoms with E-state index in [1.54, 1.807) is 0 Å². The number of rotatable bonds is 3. The zero-order valence-electron chi connectivity index (χ0n) is 10.6. The molecule has 0 bridgehead atoms. The van der Waals surface area contributed by atoms with Gasteiger partial charge in [-0.05, 0) is 25.7 Å². The molecule has 2 fully saturated rings. The van der Waals surface area contributed by atoms with E-state index < -0.39 is 5.41 Å². The Morgan fingerprint density at radius 1 is 1.41 bits per heavy atom. The molecule has 4 nitrogen and oxygen atoms in total. The second-order valence-electron chi connectivity index (χ2n) is 5.64. The number of ether oxygens (including phenoxy) is 2. The lowest BCUT2D eigenvalue weighted by Crippen LogP contribution is -2.45. The van der Waals surface area contributed by atoms with E-state index in [0.29, 0.717) is 25.7 Å². The molecule has 1 saturated heterocycles. The maximum absolute atomic E-state index is 12.0. The predicted octanol–water partition coefficient (Wildman–Crippen LogP) is 1.47. The molecule has 98 valence electrons. The van der Waals surface area contributed by atoms with Gasteiger partial charge in [-0.2, -0.15) is 0 Å². The van der Waals surface area contributed by atoms with Crippen LogP contribution < -0.4 is 5.73 Å². The molecule has 4 heteroatoms. The summed E-state index contributed by atoms with van der Waals surface area (Å²) in [6.07, 6.45) is 6.23. The second kappa shape index (κ2) is 5.36.